The van der Waals surface area contributed by atoms with Gasteiger partial charge >= 0.3 is 0 Å². The highest BCUT2D eigenvalue weighted by Gasteiger charge is 2.13. The van der Waals surface area contributed by atoms with E-state index >= 15 is 0 Å². The number of nitrogens with zero attached hydrogens (tertiary/aromatic N) is 1. The average Bonchev–Trinajstić information content (AvgIpc) is 2.91. The SMILES string of the molecule is CCC(C)c1ccc(C(=O)CC2=NCCN2)cc1. The Morgan fingerprint density at radius 2 is 2.11 bits per heavy atom. The van der Waals surface area contributed by atoms with Crippen LogP contribution in [0, 0.1) is 0 Å². The van der Waals surface area contributed by atoms with Gasteiger partial charge in [0, 0.05) is 12.1 Å². The lowest BCUT2D eigenvalue weighted by molar-refractivity contribution is 0.1000. The van der Waals surface area contributed by atoms with Crippen LogP contribution in [0.4, 0.5) is 0 Å². The van der Waals surface area contributed by atoms with E-state index in [1.165, 1.54) is 5.56 Å². The molecule has 2 rings (SSSR count). The van der Waals surface area contributed by atoms with Crippen molar-refractivity contribution in [1.29, 1.82) is 0 Å². The maximum atomic E-state index is 12.0. The van der Waals surface area contributed by atoms with Crippen molar-refractivity contribution < 1.29 is 4.79 Å². The summed E-state index contributed by atoms with van der Waals surface area (Å²) in [5, 5.41) is 3.13. The van der Waals surface area contributed by atoms with E-state index in [1.54, 1.807) is 0 Å². The molecule has 0 saturated heterocycles. The lowest BCUT2D eigenvalue weighted by atomic mass is 9.96. The van der Waals surface area contributed by atoms with Crippen molar-refractivity contribution in [2.75, 3.05) is 13.1 Å². The number of ketones is 1. The quantitative estimate of drug-likeness (QED) is 0.809. The largest absolute Gasteiger partial charge is 0.372 e. The second kappa shape index (κ2) is 5.80. The molecule has 0 fully saturated rings. The summed E-state index contributed by atoms with van der Waals surface area (Å²) in [6, 6.07) is 7.98. The van der Waals surface area contributed by atoms with Crippen molar-refractivity contribution >= 4 is 11.6 Å². The molecule has 96 valence electrons. The van der Waals surface area contributed by atoms with Gasteiger partial charge in [-0.2, -0.15) is 0 Å². The fourth-order valence-electron chi connectivity index (χ4n) is 2.05. The zero-order valence-electron chi connectivity index (χ0n) is 11.1. The van der Waals surface area contributed by atoms with Gasteiger partial charge in [-0.25, -0.2) is 0 Å². The maximum Gasteiger partial charge on any atom is 0.170 e. The average molecular weight is 244 g/mol. The Hall–Kier alpha value is -1.64. The summed E-state index contributed by atoms with van der Waals surface area (Å²) in [5.41, 5.74) is 2.07. The number of hydrogen-bond donors (Lipinski definition) is 1. The van der Waals surface area contributed by atoms with Crippen LogP contribution in [0.5, 0.6) is 0 Å². The van der Waals surface area contributed by atoms with Gasteiger partial charge in [-0.1, -0.05) is 38.1 Å². The normalized spacial score (nSPS) is 16.0. The Balaban J connectivity index is 2.02. The molecule has 0 aromatic heterocycles. The van der Waals surface area contributed by atoms with Crippen LogP contribution in [0.15, 0.2) is 29.3 Å². The third-order valence-corrected chi connectivity index (χ3v) is 3.49. The first-order chi connectivity index (χ1) is 8.70. The van der Waals surface area contributed by atoms with E-state index in [-0.39, 0.29) is 5.78 Å². The van der Waals surface area contributed by atoms with E-state index in [1.807, 2.05) is 12.1 Å². The van der Waals surface area contributed by atoms with Gasteiger partial charge in [-0.15, -0.1) is 0 Å². The fourth-order valence-corrected chi connectivity index (χ4v) is 2.05. The number of nitrogens with one attached hydrogen (secondary N) is 1. The van der Waals surface area contributed by atoms with E-state index in [2.05, 4.69) is 36.3 Å². The number of hydrogen-bond acceptors (Lipinski definition) is 3. The molecule has 0 radical (unpaired) electrons. The van der Waals surface area contributed by atoms with Crippen molar-refractivity contribution in [2.24, 2.45) is 4.99 Å². The topological polar surface area (TPSA) is 41.5 Å². The summed E-state index contributed by atoms with van der Waals surface area (Å²) >= 11 is 0. The van der Waals surface area contributed by atoms with Gasteiger partial charge in [0.05, 0.1) is 13.0 Å². The van der Waals surface area contributed by atoms with E-state index in [9.17, 15) is 4.79 Å². The number of rotatable bonds is 5. The summed E-state index contributed by atoms with van der Waals surface area (Å²) < 4.78 is 0. The molecule has 0 saturated carbocycles. The first-order valence-corrected chi connectivity index (χ1v) is 6.61. The molecule has 0 spiro atoms. The molecular weight excluding hydrogens is 224 g/mol. The number of amidine groups is 1. The van der Waals surface area contributed by atoms with E-state index in [0.29, 0.717) is 12.3 Å². The van der Waals surface area contributed by atoms with Gasteiger partial charge in [0.2, 0.25) is 0 Å². The Labute approximate surface area is 108 Å². The van der Waals surface area contributed by atoms with Crippen LogP contribution >= 0.6 is 0 Å². The summed E-state index contributed by atoms with van der Waals surface area (Å²) in [6.45, 7) is 6.02. The molecule has 1 atom stereocenters. The van der Waals surface area contributed by atoms with E-state index in [0.717, 1.165) is 30.9 Å². The molecule has 1 heterocycles. The molecule has 1 aliphatic rings. The van der Waals surface area contributed by atoms with Crippen LogP contribution in [-0.2, 0) is 0 Å². The van der Waals surface area contributed by atoms with Crippen molar-refractivity contribution in [3.8, 4) is 0 Å². The van der Waals surface area contributed by atoms with Gasteiger partial charge in [0.15, 0.2) is 5.78 Å². The molecule has 3 heteroatoms. The van der Waals surface area contributed by atoms with Gasteiger partial charge in [0.1, 0.15) is 5.84 Å². The lowest BCUT2D eigenvalue weighted by Crippen LogP contribution is -2.21. The molecule has 1 N–H and O–H groups in total. The third-order valence-electron chi connectivity index (χ3n) is 3.49. The van der Waals surface area contributed by atoms with Crippen LogP contribution in [0.3, 0.4) is 0 Å². The minimum absolute atomic E-state index is 0.138. The maximum absolute atomic E-state index is 12.0. The monoisotopic (exact) mass is 244 g/mol. The zero-order chi connectivity index (χ0) is 13.0. The molecule has 1 aromatic carbocycles. The molecule has 1 aliphatic heterocycles. The summed E-state index contributed by atoms with van der Waals surface area (Å²) in [5.74, 6) is 1.51. The van der Waals surface area contributed by atoms with Crippen LogP contribution < -0.4 is 5.32 Å². The highest BCUT2D eigenvalue weighted by atomic mass is 16.1. The molecule has 18 heavy (non-hydrogen) atoms. The van der Waals surface area contributed by atoms with Crippen LogP contribution in [0.25, 0.3) is 0 Å². The molecule has 1 unspecified atom stereocenters. The Kier molecular flexibility index (Phi) is 4.13. The molecule has 3 nitrogen and oxygen atoms in total. The minimum atomic E-state index is 0.138. The molecule has 0 aliphatic carbocycles. The number of carbonyl (C=O) groups excluding carboxylic acids is 1. The van der Waals surface area contributed by atoms with Crippen molar-refractivity contribution in [2.45, 2.75) is 32.6 Å². The van der Waals surface area contributed by atoms with E-state index < -0.39 is 0 Å². The van der Waals surface area contributed by atoms with E-state index in [4.69, 9.17) is 0 Å². The van der Waals surface area contributed by atoms with Crippen molar-refractivity contribution in [3.05, 3.63) is 35.4 Å². The highest BCUT2D eigenvalue weighted by molar-refractivity contribution is 6.09. The Morgan fingerprint density at radius 3 is 2.67 bits per heavy atom. The van der Waals surface area contributed by atoms with Crippen LogP contribution in [-0.4, -0.2) is 24.7 Å². The zero-order valence-corrected chi connectivity index (χ0v) is 11.1. The Bertz CT molecular complexity index is 448. The second-order valence-corrected chi connectivity index (χ2v) is 4.79. The smallest absolute Gasteiger partial charge is 0.170 e. The predicted molar refractivity (Wildman–Crippen MR) is 74.4 cm³/mol. The van der Waals surface area contributed by atoms with Crippen molar-refractivity contribution in [3.63, 3.8) is 0 Å². The number of Topliss-reactive ketones (excluding diaryl/α,β-unsaturated/α-hetero) is 1. The summed E-state index contributed by atoms with van der Waals surface area (Å²) in [4.78, 5) is 16.3. The second-order valence-electron chi connectivity index (χ2n) is 4.79. The first kappa shape index (κ1) is 12.8. The van der Waals surface area contributed by atoms with Gasteiger partial charge in [-0.3, -0.25) is 9.79 Å². The first-order valence-electron chi connectivity index (χ1n) is 6.61. The number of aliphatic imine (C=N–C) groups is 1. The molecule has 1 aromatic rings. The van der Waals surface area contributed by atoms with Gasteiger partial charge < -0.3 is 5.32 Å². The third kappa shape index (κ3) is 2.97. The fraction of sp³-hybridized carbons (Fsp3) is 0.467. The van der Waals surface area contributed by atoms with Gasteiger partial charge in [0.25, 0.3) is 0 Å². The summed E-state index contributed by atoms with van der Waals surface area (Å²) in [7, 11) is 0. The highest BCUT2D eigenvalue weighted by Crippen LogP contribution is 2.19. The standard InChI is InChI=1S/C15H20N2O/c1-3-11(2)12-4-6-13(7-5-12)14(18)10-15-16-8-9-17-15/h4-7,11H,3,8-10H2,1-2H3,(H,16,17). The summed E-state index contributed by atoms with van der Waals surface area (Å²) in [6.07, 6.45) is 1.51. The van der Waals surface area contributed by atoms with Crippen LogP contribution in [0.1, 0.15) is 48.5 Å². The lowest BCUT2D eigenvalue weighted by Gasteiger charge is -2.09. The van der Waals surface area contributed by atoms with Crippen LogP contribution in [0.2, 0.25) is 0 Å². The molecule has 0 amide bonds. The molecule has 0 bridgehead atoms. The molecular formula is C15H20N2O. The van der Waals surface area contributed by atoms with Crippen molar-refractivity contribution in [1.82, 2.24) is 5.32 Å². The Morgan fingerprint density at radius 1 is 1.39 bits per heavy atom. The number of carbonyl (C=O) groups is 1. The van der Waals surface area contributed by atoms with Gasteiger partial charge in [-0.05, 0) is 17.9 Å². The predicted octanol–water partition coefficient (Wildman–Crippen LogP) is 2.77. The minimum Gasteiger partial charge on any atom is -0.372 e. The number of benzene rings is 1.